The summed E-state index contributed by atoms with van der Waals surface area (Å²) in [6, 6.07) is 24.4. The van der Waals surface area contributed by atoms with Gasteiger partial charge in [-0.1, -0.05) is 72.8 Å². The average molecular weight is 318 g/mol. The molecule has 0 atom stereocenters. The van der Waals surface area contributed by atoms with Crippen LogP contribution in [0.15, 0.2) is 78.9 Å². The van der Waals surface area contributed by atoms with Gasteiger partial charge in [0.25, 0.3) is 0 Å². The third-order valence-corrected chi connectivity index (χ3v) is 3.84. The van der Waals surface area contributed by atoms with Gasteiger partial charge in [-0.15, -0.1) is 0 Å². The maximum Gasteiger partial charge on any atom is 0.339 e. The van der Waals surface area contributed by atoms with Crippen LogP contribution in [0.4, 0.5) is 0 Å². The molecule has 0 unspecified atom stereocenters. The fraction of sp³-hybridized carbons (Fsp3) is 0.0952. The van der Waals surface area contributed by atoms with Gasteiger partial charge in [0.1, 0.15) is 6.61 Å². The summed E-state index contributed by atoms with van der Waals surface area (Å²) in [5, 5.41) is 9.55. The molecule has 0 saturated heterocycles. The van der Waals surface area contributed by atoms with Crippen LogP contribution in [0.2, 0.25) is 0 Å². The Morgan fingerprint density at radius 3 is 2.17 bits per heavy atom. The summed E-state index contributed by atoms with van der Waals surface area (Å²) in [5.41, 5.74) is 3.82. The highest BCUT2D eigenvalue weighted by Crippen LogP contribution is 2.28. The van der Waals surface area contributed by atoms with Crippen molar-refractivity contribution in [2.45, 2.75) is 13.2 Å². The van der Waals surface area contributed by atoms with Crippen molar-refractivity contribution >= 4 is 5.97 Å². The van der Waals surface area contributed by atoms with Crippen molar-refractivity contribution in [3.05, 3.63) is 95.6 Å². The molecule has 1 N–H and O–H groups in total. The summed E-state index contributed by atoms with van der Waals surface area (Å²) >= 11 is 0. The maximum atomic E-state index is 12.5. The molecule has 3 aromatic carbocycles. The Morgan fingerprint density at radius 1 is 0.792 bits per heavy atom. The van der Waals surface area contributed by atoms with Crippen molar-refractivity contribution in [2.75, 3.05) is 0 Å². The summed E-state index contributed by atoms with van der Waals surface area (Å²) in [6.07, 6.45) is 0. The zero-order valence-electron chi connectivity index (χ0n) is 13.2. The molecule has 24 heavy (non-hydrogen) atoms. The third-order valence-electron chi connectivity index (χ3n) is 3.84. The highest BCUT2D eigenvalue weighted by molar-refractivity contribution is 5.97. The third kappa shape index (κ3) is 3.53. The van der Waals surface area contributed by atoms with Crippen molar-refractivity contribution in [1.82, 2.24) is 0 Å². The van der Waals surface area contributed by atoms with Crippen molar-refractivity contribution in [2.24, 2.45) is 0 Å². The minimum Gasteiger partial charge on any atom is -0.457 e. The zero-order chi connectivity index (χ0) is 16.8. The van der Waals surface area contributed by atoms with Crippen LogP contribution in [-0.2, 0) is 18.0 Å². The van der Waals surface area contributed by atoms with E-state index in [4.69, 9.17) is 4.74 Å². The standard InChI is InChI=1S/C21H18O3/c22-14-17-10-4-5-11-18(17)19-12-6-7-13-20(19)21(23)24-15-16-8-2-1-3-9-16/h1-13,22H,14-15H2. The number of carbonyl (C=O) groups excluding carboxylic acids is 1. The van der Waals surface area contributed by atoms with E-state index in [1.807, 2.05) is 72.8 Å². The Bertz CT molecular complexity index is 825. The average Bonchev–Trinajstić information content (AvgIpc) is 2.67. The Kier molecular flexibility index (Phi) is 5.04. The Hall–Kier alpha value is -2.91. The molecule has 3 nitrogen and oxygen atoms in total. The van der Waals surface area contributed by atoms with Crippen LogP contribution in [0.25, 0.3) is 11.1 Å². The van der Waals surface area contributed by atoms with Crippen LogP contribution in [0.1, 0.15) is 21.5 Å². The van der Waals surface area contributed by atoms with E-state index >= 15 is 0 Å². The molecule has 0 fully saturated rings. The lowest BCUT2D eigenvalue weighted by molar-refractivity contribution is 0.0473. The second kappa shape index (κ2) is 7.57. The smallest absolute Gasteiger partial charge is 0.339 e. The van der Waals surface area contributed by atoms with Gasteiger partial charge in [-0.25, -0.2) is 4.79 Å². The van der Waals surface area contributed by atoms with Crippen LogP contribution >= 0.6 is 0 Å². The number of aliphatic hydroxyl groups excluding tert-OH is 1. The molecule has 0 spiro atoms. The molecule has 120 valence electrons. The van der Waals surface area contributed by atoms with Gasteiger partial charge >= 0.3 is 5.97 Å². The normalized spacial score (nSPS) is 10.4. The van der Waals surface area contributed by atoms with E-state index in [9.17, 15) is 9.90 Å². The van der Waals surface area contributed by atoms with Crippen molar-refractivity contribution in [3.63, 3.8) is 0 Å². The first-order valence-corrected chi connectivity index (χ1v) is 7.79. The first-order chi connectivity index (χ1) is 11.8. The molecule has 3 aromatic rings. The second-order valence-electron chi connectivity index (χ2n) is 5.42. The number of aliphatic hydroxyl groups is 1. The quantitative estimate of drug-likeness (QED) is 0.717. The van der Waals surface area contributed by atoms with E-state index in [1.54, 1.807) is 6.07 Å². The van der Waals surface area contributed by atoms with Gasteiger partial charge in [-0.3, -0.25) is 0 Å². The predicted molar refractivity (Wildman–Crippen MR) is 93.4 cm³/mol. The number of ether oxygens (including phenoxy) is 1. The first kappa shape index (κ1) is 16.0. The molecule has 0 radical (unpaired) electrons. The molecule has 0 bridgehead atoms. The molecular weight excluding hydrogens is 300 g/mol. The summed E-state index contributed by atoms with van der Waals surface area (Å²) in [5.74, 6) is -0.373. The number of benzene rings is 3. The summed E-state index contributed by atoms with van der Waals surface area (Å²) in [6.45, 7) is 0.152. The summed E-state index contributed by atoms with van der Waals surface area (Å²) in [7, 11) is 0. The lowest BCUT2D eigenvalue weighted by Crippen LogP contribution is -2.07. The van der Waals surface area contributed by atoms with Crippen molar-refractivity contribution < 1.29 is 14.6 Å². The van der Waals surface area contributed by atoms with E-state index in [2.05, 4.69) is 0 Å². The van der Waals surface area contributed by atoms with E-state index in [-0.39, 0.29) is 19.2 Å². The Balaban J connectivity index is 1.87. The molecule has 0 aliphatic heterocycles. The predicted octanol–water partition coefficient (Wildman–Crippen LogP) is 4.20. The van der Waals surface area contributed by atoms with Gasteiger partial charge in [0.2, 0.25) is 0 Å². The van der Waals surface area contributed by atoms with E-state index in [1.165, 1.54) is 0 Å². The SMILES string of the molecule is O=C(OCc1ccccc1)c1ccccc1-c1ccccc1CO. The number of esters is 1. The second-order valence-corrected chi connectivity index (χ2v) is 5.42. The number of hydrogen-bond acceptors (Lipinski definition) is 3. The van der Waals surface area contributed by atoms with Gasteiger partial charge in [0.05, 0.1) is 12.2 Å². The molecule has 0 saturated carbocycles. The van der Waals surface area contributed by atoms with Crippen LogP contribution < -0.4 is 0 Å². The largest absolute Gasteiger partial charge is 0.457 e. The molecule has 0 aliphatic carbocycles. The van der Waals surface area contributed by atoms with Crippen LogP contribution in [0.5, 0.6) is 0 Å². The van der Waals surface area contributed by atoms with Gasteiger partial charge in [-0.2, -0.15) is 0 Å². The van der Waals surface area contributed by atoms with E-state index in [0.717, 1.165) is 22.3 Å². The highest BCUT2D eigenvalue weighted by atomic mass is 16.5. The zero-order valence-corrected chi connectivity index (χ0v) is 13.2. The Morgan fingerprint density at radius 2 is 1.42 bits per heavy atom. The number of hydrogen-bond donors (Lipinski definition) is 1. The summed E-state index contributed by atoms with van der Waals surface area (Å²) in [4.78, 5) is 12.5. The topological polar surface area (TPSA) is 46.5 Å². The lowest BCUT2D eigenvalue weighted by Gasteiger charge is -2.12. The molecule has 0 amide bonds. The highest BCUT2D eigenvalue weighted by Gasteiger charge is 2.15. The van der Waals surface area contributed by atoms with E-state index in [0.29, 0.717) is 5.56 Å². The minimum absolute atomic E-state index is 0.0798. The molecule has 0 aliphatic rings. The van der Waals surface area contributed by atoms with Crippen LogP contribution in [-0.4, -0.2) is 11.1 Å². The fourth-order valence-electron chi connectivity index (χ4n) is 2.62. The Labute approximate surface area is 141 Å². The van der Waals surface area contributed by atoms with Crippen molar-refractivity contribution in [1.29, 1.82) is 0 Å². The molecule has 3 rings (SSSR count). The minimum atomic E-state index is -0.373. The lowest BCUT2D eigenvalue weighted by atomic mass is 9.96. The van der Waals surface area contributed by atoms with E-state index < -0.39 is 0 Å². The molecule has 0 heterocycles. The first-order valence-electron chi connectivity index (χ1n) is 7.79. The van der Waals surface area contributed by atoms with Crippen LogP contribution in [0.3, 0.4) is 0 Å². The van der Waals surface area contributed by atoms with Crippen molar-refractivity contribution in [3.8, 4) is 11.1 Å². The summed E-state index contributed by atoms with van der Waals surface area (Å²) < 4.78 is 5.45. The molecule has 3 heteroatoms. The molecular formula is C21H18O3. The monoisotopic (exact) mass is 318 g/mol. The maximum absolute atomic E-state index is 12.5. The van der Waals surface area contributed by atoms with Gasteiger partial charge in [0, 0.05) is 0 Å². The number of carbonyl (C=O) groups is 1. The number of rotatable bonds is 5. The van der Waals surface area contributed by atoms with Gasteiger partial charge < -0.3 is 9.84 Å². The molecule has 0 aromatic heterocycles. The van der Waals surface area contributed by atoms with Gasteiger partial charge in [-0.05, 0) is 28.3 Å². The van der Waals surface area contributed by atoms with Crippen LogP contribution in [0, 0.1) is 0 Å². The van der Waals surface area contributed by atoms with Gasteiger partial charge in [0.15, 0.2) is 0 Å². The fourth-order valence-corrected chi connectivity index (χ4v) is 2.62.